The largest absolute Gasteiger partial charge is 0.494 e. The lowest BCUT2D eigenvalue weighted by atomic mass is 10.2. The number of aromatic nitrogens is 2. The van der Waals surface area contributed by atoms with Gasteiger partial charge in [-0.05, 0) is 55.0 Å². The second-order valence-corrected chi connectivity index (χ2v) is 5.16. The number of nitrogens with one attached hydrogen (secondary N) is 1. The SMILES string of the molecule is CCCOc1ccc(-n2c(=S)[nH]c3ccc(F)cc32)cc1. The predicted octanol–water partition coefficient (Wildman–Crippen LogP) is 4.62. The molecule has 0 spiro atoms. The number of halogens is 1. The zero-order valence-corrected chi connectivity index (χ0v) is 12.4. The summed E-state index contributed by atoms with van der Waals surface area (Å²) in [4.78, 5) is 3.08. The highest BCUT2D eigenvalue weighted by Crippen LogP contribution is 2.22. The van der Waals surface area contributed by atoms with Crippen LogP contribution in [0.1, 0.15) is 13.3 Å². The van der Waals surface area contributed by atoms with Crippen LogP contribution in [0.2, 0.25) is 0 Å². The maximum atomic E-state index is 13.5. The molecule has 0 saturated carbocycles. The van der Waals surface area contributed by atoms with Gasteiger partial charge in [0.2, 0.25) is 0 Å². The van der Waals surface area contributed by atoms with E-state index in [4.69, 9.17) is 17.0 Å². The first-order chi connectivity index (χ1) is 10.2. The zero-order chi connectivity index (χ0) is 14.8. The summed E-state index contributed by atoms with van der Waals surface area (Å²) in [7, 11) is 0. The van der Waals surface area contributed by atoms with Gasteiger partial charge in [-0.1, -0.05) is 6.92 Å². The number of rotatable bonds is 4. The molecule has 108 valence electrons. The zero-order valence-electron chi connectivity index (χ0n) is 11.6. The Morgan fingerprint density at radius 3 is 2.67 bits per heavy atom. The molecule has 1 heterocycles. The van der Waals surface area contributed by atoms with Crippen LogP contribution in [0.4, 0.5) is 4.39 Å². The lowest BCUT2D eigenvalue weighted by Crippen LogP contribution is -1.97. The molecule has 21 heavy (non-hydrogen) atoms. The first-order valence-corrected chi connectivity index (χ1v) is 7.23. The number of hydrogen-bond donors (Lipinski definition) is 1. The Kier molecular flexibility index (Phi) is 3.75. The van der Waals surface area contributed by atoms with Crippen molar-refractivity contribution >= 4 is 23.3 Å². The second-order valence-electron chi connectivity index (χ2n) is 4.77. The van der Waals surface area contributed by atoms with Gasteiger partial charge in [0.25, 0.3) is 0 Å². The number of fused-ring (bicyclic) bond motifs is 1. The average Bonchev–Trinajstić information content (AvgIpc) is 2.81. The van der Waals surface area contributed by atoms with Crippen molar-refractivity contribution in [1.29, 1.82) is 0 Å². The Morgan fingerprint density at radius 2 is 1.95 bits per heavy atom. The Balaban J connectivity index is 2.05. The van der Waals surface area contributed by atoms with Crippen molar-refractivity contribution in [3.8, 4) is 11.4 Å². The van der Waals surface area contributed by atoms with Crippen molar-refractivity contribution in [2.24, 2.45) is 0 Å². The van der Waals surface area contributed by atoms with Crippen LogP contribution < -0.4 is 4.74 Å². The van der Waals surface area contributed by atoms with E-state index in [1.165, 1.54) is 12.1 Å². The lowest BCUT2D eigenvalue weighted by Gasteiger charge is -2.07. The van der Waals surface area contributed by atoms with Crippen LogP contribution >= 0.6 is 12.2 Å². The molecule has 3 nitrogen and oxygen atoms in total. The average molecular weight is 302 g/mol. The number of aromatic amines is 1. The summed E-state index contributed by atoms with van der Waals surface area (Å²) in [6, 6.07) is 12.2. The standard InChI is InChI=1S/C16H15FN2OS/c1-2-9-20-13-6-4-12(5-7-13)19-15-10-11(17)3-8-14(15)18-16(19)21/h3-8,10H,2,9H2,1H3,(H,18,21). The Bertz CT molecular complexity index is 820. The summed E-state index contributed by atoms with van der Waals surface area (Å²) < 4.78 is 21.4. The van der Waals surface area contributed by atoms with Gasteiger partial charge >= 0.3 is 0 Å². The molecule has 0 aliphatic rings. The van der Waals surface area contributed by atoms with Gasteiger partial charge in [-0.2, -0.15) is 0 Å². The maximum absolute atomic E-state index is 13.5. The van der Waals surface area contributed by atoms with Crippen LogP contribution in [0.3, 0.4) is 0 Å². The molecule has 1 N–H and O–H groups in total. The summed E-state index contributed by atoms with van der Waals surface area (Å²) in [6.45, 7) is 2.76. The molecule has 0 aliphatic heterocycles. The van der Waals surface area contributed by atoms with Crippen LogP contribution in [-0.4, -0.2) is 16.2 Å². The molecule has 0 saturated heterocycles. The van der Waals surface area contributed by atoms with Crippen molar-refractivity contribution in [1.82, 2.24) is 9.55 Å². The van der Waals surface area contributed by atoms with Gasteiger partial charge < -0.3 is 9.72 Å². The highest BCUT2D eigenvalue weighted by molar-refractivity contribution is 7.71. The highest BCUT2D eigenvalue weighted by Gasteiger charge is 2.07. The fourth-order valence-corrected chi connectivity index (χ4v) is 2.56. The van der Waals surface area contributed by atoms with Crippen LogP contribution in [0.15, 0.2) is 42.5 Å². The number of nitrogens with zero attached hydrogens (tertiary/aromatic N) is 1. The topological polar surface area (TPSA) is 29.9 Å². The van der Waals surface area contributed by atoms with E-state index in [1.807, 2.05) is 28.8 Å². The fraction of sp³-hybridized carbons (Fsp3) is 0.188. The smallest absolute Gasteiger partial charge is 0.182 e. The first kappa shape index (κ1) is 13.8. The van der Waals surface area contributed by atoms with Gasteiger partial charge in [-0.25, -0.2) is 4.39 Å². The van der Waals surface area contributed by atoms with Crippen molar-refractivity contribution < 1.29 is 9.13 Å². The summed E-state index contributed by atoms with van der Waals surface area (Å²) in [5.41, 5.74) is 2.41. The molecular weight excluding hydrogens is 287 g/mol. The third-order valence-corrected chi connectivity index (χ3v) is 3.50. The summed E-state index contributed by atoms with van der Waals surface area (Å²) in [5.74, 6) is 0.534. The molecule has 0 bridgehead atoms. The van der Waals surface area contributed by atoms with Gasteiger partial charge in [0.05, 0.1) is 17.6 Å². The normalized spacial score (nSPS) is 11.0. The van der Waals surface area contributed by atoms with E-state index in [9.17, 15) is 4.39 Å². The number of benzene rings is 2. The maximum Gasteiger partial charge on any atom is 0.182 e. The van der Waals surface area contributed by atoms with E-state index in [2.05, 4.69) is 11.9 Å². The Labute approximate surface area is 127 Å². The van der Waals surface area contributed by atoms with Gasteiger partial charge in [-0.3, -0.25) is 4.57 Å². The van der Waals surface area contributed by atoms with Crippen LogP contribution in [0, 0.1) is 10.6 Å². The first-order valence-electron chi connectivity index (χ1n) is 6.82. The van der Waals surface area contributed by atoms with E-state index in [-0.39, 0.29) is 5.82 Å². The number of imidazole rings is 1. The second kappa shape index (κ2) is 5.69. The van der Waals surface area contributed by atoms with Gasteiger partial charge in [-0.15, -0.1) is 0 Å². The van der Waals surface area contributed by atoms with E-state index in [1.54, 1.807) is 6.07 Å². The van der Waals surface area contributed by atoms with E-state index < -0.39 is 0 Å². The van der Waals surface area contributed by atoms with E-state index in [0.29, 0.717) is 11.4 Å². The van der Waals surface area contributed by atoms with Crippen molar-refractivity contribution in [3.05, 3.63) is 53.1 Å². The van der Waals surface area contributed by atoms with Crippen LogP contribution in [0.5, 0.6) is 5.75 Å². The fourth-order valence-electron chi connectivity index (χ4n) is 2.24. The van der Waals surface area contributed by atoms with E-state index in [0.717, 1.165) is 28.9 Å². The molecular formula is C16H15FN2OS. The lowest BCUT2D eigenvalue weighted by molar-refractivity contribution is 0.317. The molecule has 0 amide bonds. The molecule has 5 heteroatoms. The minimum atomic E-state index is -0.284. The third kappa shape index (κ3) is 2.69. The molecule has 1 aromatic heterocycles. The molecule has 2 aromatic carbocycles. The van der Waals surface area contributed by atoms with Crippen LogP contribution in [0.25, 0.3) is 16.7 Å². The number of hydrogen-bond acceptors (Lipinski definition) is 2. The van der Waals surface area contributed by atoms with Crippen molar-refractivity contribution in [2.75, 3.05) is 6.61 Å². The molecule has 0 fully saturated rings. The van der Waals surface area contributed by atoms with Crippen LogP contribution in [-0.2, 0) is 0 Å². The summed E-state index contributed by atoms with van der Waals surface area (Å²) in [6.07, 6.45) is 0.967. The molecule has 0 unspecified atom stereocenters. The molecule has 3 rings (SSSR count). The molecule has 3 aromatic rings. The Hall–Kier alpha value is -2.14. The van der Waals surface area contributed by atoms with Gasteiger partial charge in [0.1, 0.15) is 11.6 Å². The Morgan fingerprint density at radius 1 is 1.19 bits per heavy atom. The minimum Gasteiger partial charge on any atom is -0.494 e. The van der Waals surface area contributed by atoms with Crippen molar-refractivity contribution in [2.45, 2.75) is 13.3 Å². The van der Waals surface area contributed by atoms with Gasteiger partial charge in [0, 0.05) is 11.8 Å². The van der Waals surface area contributed by atoms with E-state index >= 15 is 0 Å². The molecule has 0 aliphatic carbocycles. The summed E-state index contributed by atoms with van der Waals surface area (Å²) >= 11 is 5.33. The highest BCUT2D eigenvalue weighted by atomic mass is 32.1. The number of ether oxygens (including phenoxy) is 1. The summed E-state index contributed by atoms with van der Waals surface area (Å²) in [5, 5.41) is 0. The predicted molar refractivity (Wildman–Crippen MR) is 84.2 cm³/mol. The third-order valence-electron chi connectivity index (χ3n) is 3.21. The quantitative estimate of drug-likeness (QED) is 0.713. The minimum absolute atomic E-state index is 0.284. The molecule has 0 atom stereocenters. The van der Waals surface area contributed by atoms with Gasteiger partial charge in [0.15, 0.2) is 4.77 Å². The van der Waals surface area contributed by atoms with Crippen molar-refractivity contribution in [3.63, 3.8) is 0 Å². The molecule has 0 radical (unpaired) electrons. The number of H-pyrrole nitrogens is 1. The monoisotopic (exact) mass is 302 g/mol.